The first-order valence-corrected chi connectivity index (χ1v) is 9.81. The summed E-state index contributed by atoms with van der Waals surface area (Å²) in [6, 6.07) is 13.9. The largest absolute Gasteiger partial charge is 0.321 e. The van der Waals surface area contributed by atoms with E-state index in [1.807, 2.05) is 12.1 Å². The highest BCUT2D eigenvalue weighted by Gasteiger charge is 2.28. The van der Waals surface area contributed by atoms with Gasteiger partial charge in [-0.15, -0.1) is 0 Å². The number of Topliss-reactive ketones (excluding diaryl/α,β-unsaturated/α-hetero) is 1. The van der Waals surface area contributed by atoms with Gasteiger partial charge in [0.2, 0.25) is 5.78 Å². The van der Waals surface area contributed by atoms with Gasteiger partial charge >= 0.3 is 0 Å². The molecule has 4 rings (SSSR count). The van der Waals surface area contributed by atoms with E-state index in [1.54, 1.807) is 48.8 Å². The number of nitrogens with one attached hydrogen (secondary N) is 1. The van der Waals surface area contributed by atoms with Gasteiger partial charge in [-0.1, -0.05) is 41.1 Å². The van der Waals surface area contributed by atoms with Crippen molar-refractivity contribution in [3.63, 3.8) is 0 Å². The molecule has 0 bridgehead atoms. The van der Waals surface area contributed by atoms with E-state index in [9.17, 15) is 9.59 Å². The minimum Gasteiger partial charge on any atom is -0.321 e. The summed E-state index contributed by atoms with van der Waals surface area (Å²) in [6.45, 7) is 0. The van der Waals surface area contributed by atoms with Gasteiger partial charge in [0.1, 0.15) is 0 Å². The molecule has 1 aliphatic heterocycles. The number of hydrogen-bond acceptors (Lipinski definition) is 3. The minimum atomic E-state index is -0.463. The topological polar surface area (TPSA) is 59.1 Å². The van der Waals surface area contributed by atoms with Crippen molar-refractivity contribution in [2.45, 2.75) is 6.42 Å². The van der Waals surface area contributed by atoms with Crippen LogP contribution >= 0.6 is 23.2 Å². The zero-order valence-electron chi connectivity index (χ0n) is 15.6. The number of carbonyl (C=O) groups excluding carboxylic acids is 2. The van der Waals surface area contributed by atoms with Crippen LogP contribution in [0, 0.1) is 11.8 Å². The fraction of sp³-hybridized carbons (Fsp3) is 0.0417. The number of rotatable bonds is 2. The first kappa shape index (κ1) is 19.9. The lowest BCUT2D eigenvalue weighted by molar-refractivity contribution is -0.112. The number of amides is 1. The standard InChI is InChI=1S/C24H14Cl2N2O2/c25-20-6-4-17(14-21(20)26)13-19-23(29)18-12-16(5-7-22(18)28-24(19)30)3-1-2-15-8-10-27-11-9-15/h4-14H,2H2,(H,28,30). The molecular weight excluding hydrogens is 419 g/mol. The van der Waals surface area contributed by atoms with E-state index >= 15 is 0 Å². The molecule has 30 heavy (non-hydrogen) atoms. The van der Waals surface area contributed by atoms with Crippen LogP contribution in [0.25, 0.3) is 6.08 Å². The van der Waals surface area contributed by atoms with Crippen LogP contribution < -0.4 is 5.32 Å². The highest BCUT2D eigenvalue weighted by molar-refractivity contribution is 6.42. The fourth-order valence-electron chi connectivity index (χ4n) is 3.01. The number of pyridine rings is 1. The number of halogens is 2. The Morgan fingerprint density at radius 1 is 0.967 bits per heavy atom. The SMILES string of the molecule is O=C1Nc2ccc(C#CCc3ccncc3)cc2C(=O)C1=Cc1ccc(Cl)c(Cl)c1. The van der Waals surface area contributed by atoms with E-state index in [0.717, 1.165) is 5.56 Å². The molecule has 0 fully saturated rings. The third-order valence-electron chi connectivity index (χ3n) is 4.53. The van der Waals surface area contributed by atoms with Crippen LogP contribution in [0.3, 0.4) is 0 Å². The number of aromatic nitrogens is 1. The van der Waals surface area contributed by atoms with Crippen LogP contribution in [-0.2, 0) is 11.2 Å². The summed E-state index contributed by atoms with van der Waals surface area (Å²) in [6.07, 6.45) is 5.52. The lowest BCUT2D eigenvalue weighted by Gasteiger charge is -2.18. The molecule has 146 valence electrons. The molecule has 0 radical (unpaired) electrons. The Bertz CT molecular complexity index is 1260. The average Bonchev–Trinajstić information content (AvgIpc) is 2.75. The van der Waals surface area contributed by atoms with Crippen LogP contribution in [0.15, 0.2) is 66.5 Å². The van der Waals surface area contributed by atoms with Crippen LogP contribution in [-0.4, -0.2) is 16.7 Å². The monoisotopic (exact) mass is 432 g/mol. The molecule has 0 atom stereocenters. The van der Waals surface area contributed by atoms with E-state index in [0.29, 0.717) is 38.8 Å². The van der Waals surface area contributed by atoms with E-state index in [2.05, 4.69) is 22.1 Å². The predicted octanol–water partition coefficient (Wildman–Crippen LogP) is 5.20. The van der Waals surface area contributed by atoms with Crippen molar-refractivity contribution in [2.24, 2.45) is 0 Å². The van der Waals surface area contributed by atoms with Crippen LogP contribution in [0.2, 0.25) is 10.0 Å². The molecule has 1 amide bonds. The summed E-state index contributed by atoms with van der Waals surface area (Å²) < 4.78 is 0. The summed E-state index contributed by atoms with van der Waals surface area (Å²) in [7, 11) is 0. The van der Waals surface area contributed by atoms with Gasteiger partial charge in [0.15, 0.2) is 0 Å². The Morgan fingerprint density at radius 3 is 2.53 bits per heavy atom. The Kier molecular flexibility index (Phi) is 5.67. The van der Waals surface area contributed by atoms with Gasteiger partial charge in [0.25, 0.3) is 5.91 Å². The molecule has 0 aliphatic carbocycles. The number of fused-ring (bicyclic) bond motifs is 1. The van der Waals surface area contributed by atoms with Crippen LogP contribution in [0.4, 0.5) is 5.69 Å². The number of carbonyl (C=O) groups is 2. The van der Waals surface area contributed by atoms with Crippen molar-refractivity contribution in [2.75, 3.05) is 5.32 Å². The molecule has 2 heterocycles. The van der Waals surface area contributed by atoms with Crippen molar-refractivity contribution in [1.82, 2.24) is 4.98 Å². The second-order valence-electron chi connectivity index (χ2n) is 6.61. The summed E-state index contributed by atoms with van der Waals surface area (Å²) in [5.41, 5.74) is 3.27. The van der Waals surface area contributed by atoms with Crippen molar-refractivity contribution in [3.05, 3.63) is 98.8 Å². The van der Waals surface area contributed by atoms with E-state index in [-0.39, 0.29) is 11.4 Å². The summed E-state index contributed by atoms with van der Waals surface area (Å²) >= 11 is 12.0. The second-order valence-corrected chi connectivity index (χ2v) is 7.42. The van der Waals surface area contributed by atoms with Gasteiger partial charge in [-0.05, 0) is 59.7 Å². The molecule has 1 aromatic heterocycles. The van der Waals surface area contributed by atoms with Gasteiger partial charge in [-0.2, -0.15) is 0 Å². The average molecular weight is 433 g/mol. The van der Waals surface area contributed by atoms with Crippen molar-refractivity contribution < 1.29 is 9.59 Å². The lowest BCUT2D eigenvalue weighted by Crippen LogP contribution is -2.27. The molecular formula is C24H14Cl2N2O2. The van der Waals surface area contributed by atoms with Crippen molar-refractivity contribution in [3.8, 4) is 11.8 Å². The number of ketones is 1. The lowest BCUT2D eigenvalue weighted by atomic mass is 9.94. The van der Waals surface area contributed by atoms with Crippen molar-refractivity contribution in [1.29, 1.82) is 0 Å². The Balaban J connectivity index is 1.62. The number of nitrogens with zero attached hydrogens (tertiary/aromatic N) is 1. The van der Waals surface area contributed by atoms with Gasteiger partial charge in [-0.3, -0.25) is 14.6 Å². The third kappa shape index (κ3) is 4.28. The van der Waals surface area contributed by atoms with Gasteiger partial charge in [0.05, 0.1) is 21.3 Å². The molecule has 0 spiro atoms. The molecule has 0 unspecified atom stereocenters. The normalized spacial score (nSPS) is 14.0. The Morgan fingerprint density at radius 2 is 1.77 bits per heavy atom. The first-order valence-electron chi connectivity index (χ1n) is 9.06. The molecule has 3 aromatic rings. The summed E-state index contributed by atoms with van der Waals surface area (Å²) in [5.74, 6) is 5.33. The van der Waals surface area contributed by atoms with Crippen LogP contribution in [0.1, 0.15) is 27.0 Å². The van der Waals surface area contributed by atoms with Crippen molar-refractivity contribution >= 4 is 46.7 Å². The Hall–Kier alpha value is -3.39. The minimum absolute atomic E-state index is 0.0304. The van der Waals surface area contributed by atoms with E-state index in [4.69, 9.17) is 23.2 Å². The molecule has 1 N–H and O–H groups in total. The smallest absolute Gasteiger partial charge is 0.259 e. The quantitative estimate of drug-likeness (QED) is 0.343. The maximum Gasteiger partial charge on any atom is 0.259 e. The number of hydrogen-bond donors (Lipinski definition) is 1. The highest BCUT2D eigenvalue weighted by atomic mass is 35.5. The van der Waals surface area contributed by atoms with Crippen LogP contribution in [0.5, 0.6) is 0 Å². The molecule has 0 saturated carbocycles. The van der Waals surface area contributed by atoms with E-state index < -0.39 is 5.91 Å². The molecule has 2 aromatic carbocycles. The highest BCUT2D eigenvalue weighted by Crippen LogP contribution is 2.29. The van der Waals surface area contributed by atoms with Gasteiger partial charge < -0.3 is 5.32 Å². The van der Waals surface area contributed by atoms with Gasteiger partial charge in [-0.25, -0.2) is 0 Å². The Labute approximate surface area is 183 Å². The maximum atomic E-state index is 13.0. The van der Waals surface area contributed by atoms with Gasteiger partial charge in [0, 0.05) is 29.9 Å². The maximum absolute atomic E-state index is 13.0. The second kappa shape index (κ2) is 8.54. The zero-order valence-corrected chi connectivity index (χ0v) is 17.1. The number of anilines is 1. The molecule has 6 heteroatoms. The van der Waals surface area contributed by atoms with E-state index in [1.165, 1.54) is 6.08 Å². The molecule has 4 nitrogen and oxygen atoms in total. The fourth-order valence-corrected chi connectivity index (χ4v) is 3.31. The summed E-state index contributed by atoms with van der Waals surface area (Å²) in [5, 5.41) is 3.50. The number of benzene rings is 2. The summed E-state index contributed by atoms with van der Waals surface area (Å²) in [4.78, 5) is 29.4. The molecule has 0 saturated heterocycles. The zero-order chi connectivity index (χ0) is 21.1. The first-order chi connectivity index (χ1) is 14.5. The predicted molar refractivity (Wildman–Crippen MR) is 119 cm³/mol. The third-order valence-corrected chi connectivity index (χ3v) is 5.27. The molecule has 1 aliphatic rings.